The van der Waals surface area contributed by atoms with Gasteiger partial charge in [-0.15, -0.1) is 12.4 Å². The monoisotopic (exact) mass is 289 g/mol. The van der Waals surface area contributed by atoms with E-state index in [0.29, 0.717) is 5.69 Å². The number of hydrogen-bond acceptors (Lipinski definition) is 2. The quantitative estimate of drug-likeness (QED) is 0.468. The zero-order valence-corrected chi connectivity index (χ0v) is 10.1. The van der Waals surface area contributed by atoms with Crippen LogP contribution >= 0.6 is 32.3 Å². The molecule has 0 aromatic heterocycles. The number of benzene rings is 1. The Morgan fingerprint density at radius 2 is 1.92 bits per heavy atom. The van der Waals surface area contributed by atoms with Crippen molar-refractivity contribution in [2.75, 3.05) is 5.73 Å². The molecule has 0 unspecified atom stereocenters. The Morgan fingerprint density at radius 1 is 1.33 bits per heavy atom. The van der Waals surface area contributed by atoms with Gasteiger partial charge in [0.05, 0.1) is 0 Å². The molecule has 12 heavy (non-hydrogen) atoms. The fourth-order valence-corrected chi connectivity index (χ4v) is 2.63. The van der Waals surface area contributed by atoms with E-state index >= 15 is 0 Å². The Balaban J connectivity index is 0.00000121. The van der Waals surface area contributed by atoms with Crippen molar-refractivity contribution in [2.24, 2.45) is 0 Å². The first-order valence-electron chi connectivity index (χ1n) is 2.81. The van der Waals surface area contributed by atoms with Crippen molar-refractivity contribution in [3.63, 3.8) is 0 Å². The van der Waals surface area contributed by atoms with Gasteiger partial charge < -0.3 is 0 Å². The average Bonchev–Trinajstić information content (AvgIpc) is 1.94. The van der Waals surface area contributed by atoms with E-state index in [4.69, 9.17) is 30.7 Å². The predicted molar refractivity (Wildman–Crippen MR) is 56.9 cm³/mol. The Kier molecular flexibility index (Phi) is 5.19. The molecule has 0 bridgehead atoms. The van der Waals surface area contributed by atoms with Gasteiger partial charge >= 0.3 is 77.5 Å². The van der Waals surface area contributed by atoms with Crippen LogP contribution in [0.15, 0.2) is 18.2 Å². The Morgan fingerprint density at radius 3 is 2.33 bits per heavy atom. The average molecular weight is 290 g/mol. The standard InChI is InChI=1S/C6H6AsCl2NO.ClH/c8-7(9)4-1-2-6(11)5(10)3-4;/h1-3,11H,10H2;1H. The van der Waals surface area contributed by atoms with Crippen LogP contribution in [0.3, 0.4) is 0 Å². The third-order valence-corrected chi connectivity index (χ3v) is 4.64. The van der Waals surface area contributed by atoms with Crippen molar-refractivity contribution in [1.29, 1.82) is 0 Å². The van der Waals surface area contributed by atoms with Crippen LogP contribution in [0.4, 0.5) is 5.69 Å². The number of phenols is 1. The molecule has 0 aliphatic rings. The third kappa shape index (κ3) is 2.95. The van der Waals surface area contributed by atoms with Crippen molar-refractivity contribution < 1.29 is 5.11 Å². The molecule has 3 N–H and O–H groups in total. The zero-order valence-electron chi connectivity index (χ0n) is 5.87. The maximum absolute atomic E-state index is 9.03. The van der Waals surface area contributed by atoms with Crippen LogP contribution in [0.1, 0.15) is 0 Å². The number of halogens is 3. The fourth-order valence-electron chi connectivity index (χ4n) is 0.647. The Bertz CT molecular complexity index is 269. The van der Waals surface area contributed by atoms with E-state index in [2.05, 4.69) is 0 Å². The number of anilines is 1. The number of rotatable bonds is 1. The first-order valence-corrected chi connectivity index (χ1v) is 8.68. The van der Waals surface area contributed by atoms with Gasteiger partial charge in [-0.3, -0.25) is 0 Å². The van der Waals surface area contributed by atoms with Crippen LogP contribution in [-0.2, 0) is 0 Å². The second-order valence-electron chi connectivity index (χ2n) is 1.98. The van der Waals surface area contributed by atoms with Gasteiger partial charge in [-0.05, 0) is 0 Å². The van der Waals surface area contributed by atoms with Crippen LogP contribution in [-0.4, -0.2) is 17.9 Å². The van der Waals surface area contributed by atoms with Gasteiger partial charge in [-0.2, -0.15) is 0 Å². The first-order chi connectivity index (χ1) is 5.11. The minimum absolute atomic E-state index is 0. The van der Waals surface area contributed by atoms with Crippen LogP contribution in [0, 0.1) is 0 Å². The summed E-state index contributed by atoms with van der Waals surface area (Å²) < 4.78 is 0.830. The molecule has 0 radical (unpaired) electrons. The summed E-state index contributed by atoms with van der Waals surface area (Å²) in [6.07, 6.45) is 0. The van der Waals surface area contributed by atoms with E-state index in [0.717, 1.165) is 4.35 Å². The molecule has 0 atom stereocenters. The molecule has 1 rings (SSSR count). The second-order valence-corrected chi connectivity index (χ2v) is 8.45. The van der Waals surface area contributed by atoms with Gasteiger partial charge in [-0.25, -0.2) is 0 Å². The molecule has 2 nitrogen and oxygen atoms in total. The fraction of sp³-hybridized carbons (Fsp3) is 0. The van der Waals surface area contributed by atoms with E-state index in [1.54, 1.807) is 12.1 Å². The van der Waals surface area contributed by atoms with E-state index in [-0.39, 0.29) is 18.2 Å². The molecule has 1 aromatic rings. The number of hydrogen-bond donors (Lipinski definition) is 2. The van der Waals surface area contributed by atoms with Gasteiger partial charge in [0.2, 0.25) is 0 Å². The van der Waals surface area contributed by atoms with Gasteiger partial charge in [0, 0.05) is 0 Å². The summed E-state index contributed by atoms with van der Waals surface area (Å²) >= 11 is -1.89. The molecule has 6 heteroatoms. The number of nitrogens with two attached hydrogens (primary N) is 1. The summed E-state index contributed by atoms with van der Waals surface area (Å²) in [5.74, 6) is 0.0675. The topological polar surface area (TPSA) is 46.2 Å². The Hall–Kier alpha value is 0.248. The van der Waals surface area contributed by atoms with Crippen molar-refractivity contribution in [2.45, 2.75) is 0 Å². The van der Waals surface area contributed by atoms with Crippen molar-refractivity contribution in [3.8, 4) is 5.75 Å². The molecule has 0 heterocycles. The summed E-state index contributed by atoms with van der Waals surface area (Å²) in [6.45, 7) is 0. The molecule has 0 aliphatic carbocycles. The van der Waals surface area contributed by atoms with Crippen molar-refractivity contribution >= 4 is 55.1 Å². The zero-order chi connectivity index (χ0) is 8.43. The van der Waals surface area contributed by atoms with Crippen LogP contribution < -0.4 is 10.1 Å². The van der Waals surface area contributed by atoms with Gasteiger partial charge in [-0.1, -0.05) is 0 Å². The first kappa shape index (κ1) is 12.2. The summed E-state index contributed by atoms with van der Waals surface area (Å²) in [6, 6.07) is 4.79. The van der Waals surface area contributed by atoms with E-state index in [1.807, 2.05) is 0 Å². The van der Waals surface area contributed by atoms with Gasteiger partial charge in [0.1, 0.15) is 0 Å². The number of aromatic hydroxyl groups is 1. The van der Waals surface area contributed by atoms with Crippen LogP contribution in [0.25, 0.3) is 0 Å². The number of phenolic OH excluding ortho intramolecular Hbond substituents is 1. The third-order valence-electron chi connectivity index (χ3n) is 1.21. The molecule has 68 valence electrons. The molecule has 0 spiro atoms. The van der Waals surface area contributed by atoms with Crippen molar-refractivity contribution in [1.82, 2.24) is 0 Å². The van der Waals surface area contributed by atoms with Crippen LogP contribution in [0.5, 0.6) is 5.75 Å². The summed E-state index contributed by atoms with van der Waals surface area (Å²) in [7, 11) is 11.4. The van der Waals surface area contributed by atoms with E-state index < -0.39 is 12.8 Å². The van der Waals surface area contributed by atoms with Crippen molar-refractivity contribution in [3.05, 3.63) is 18.2 Å². The molecule has 0 fully saturated rings. The van der Waals surface area contributed by atoms with Gasteiger partial charge in [0.25, 0.3) is 0 Å². The molecule has 0 saturated heterocycles. The SMILES string of the molecule is Cl.Nc1cc([As](Cl)Cl)ccc1O. The van der Waals surface area contributed by atoms with E-state index in [9.17, 15) is 0 Å². The molecule has 0 aliphatic heterocycles. The Labute approximate surface area is 89.6 Å². The summed E-state index contributed by atoms with van der Waals surface area (Å²) in [5.41, 5.74) is 5.74. The minimum atomic E-state index is -1.89. The molecule has 0 saturated carbocycles. The predicted octanol–water partition coefficient (Wildman–Crippen LogP) is 1.57. The summed E-state index contributed by atoms with van der Waals surface area (Å²) in [4.78, 5) is 0. The maximum atomic E-state index is 9.03. The second kappa shape index (κ2) is 5.08. The molecule has 1 aromatic carbocycles. The van der Waals surface area contributed by atoms with Gasteiger partial charge in [0.15, 0.2) is 0 Å². The van der Waals surface area contributed by atoms with Crippen LogP contribution in [0.2, 0.25) is 0 Å². The molecular formula is C6H7AsCl3NO. The molecular weight excluding hydrogens is 283 g/mol. The molecule has 0 amide bonds. The normalized spacial score (nSPS) is 9.58. The number of nitrogen functional groups attached to an aromatic ring is 1. The van der Waals surface area contributed by atoms with E-state index in [1.165, 1.54) is 6.07 Å². The summed E-state index contributed by atoms with van der Waals surface area (Å²) in [5, 5.41) is 9.03.